The number of ketones is 1. The van der Waals surface area contributed by atoms with Crippen LogP contribution in [0, 0.1) is 0 Å². The van der Waals surface area contributed by atoms with Crippen LogP contribution in [0.3, 0.4) is 0 Å². The number of nitrogens with zero attached hydrogens (tertiary/aromatic N) is 1. The van der Waals surface area contributed by atoms with Gasteiger partial charge in [-0.3, -0.25) is 9.69 Å². The molecular weight excluding hydrogens is 346 g/mol. The number of rotatable bonds is 5. The molecule has 0 aliphatic rings. The summed E-state index contributed by atoms with van der Waals surface area (Å²) in [7, 11) is 1.94. The van der Waals surface area contributed by atoms with Gasteiger partial charge in [0.2, 0.25) is 0 Å². The molecular formula is C14H13BrClNOS. The maximum Gasteiger partial charge on any atom is 0.186 e. The maximum atomic E-state index is 12.0. The summed E-state index contributed by atoms with van der Waals surface area (Å²) in [6.07, 6.45) is 0. The minimum Gasteiger partial charge on any atom is -0.295 e. The molecule has 5 heteroatoms. The lowest BCUT2D eigenvalue weighted by molar-refractivity contribution is 0.0947. The maximum absolute atomic E-state index is 12.0. The number of hydrogen-bond acceptors (Lipinski definition) is 3. The van der Waals surface area contributed by atoms with Crippen molar-refractivity contribution < 1.29 is 4.79 Å². The smallest absolute Gasteiger partial charge is 0.186 e. The van der Waals surface area contributed by atoms with Gasteiger partial charge in [0, 0.05) is 11.0 Å². The molecule has 0 N–H and O–H groups in total. The van der Waals surface area contributed by atoms with Crippen molar-refractivity contribution in [3.8, 4) is 0 Å². The van der Waals surface area contributed by atoms with Crippen molar-refractivity contribution in [1.82, 2.24) is 4.90 Å². The van der Waals surface area contributed by atoms with Gasteiger partial charge in [0.25, 0.3) is 0 Å². The molecule has 2 aromatic rings. The minimum atomic E-state index is 0.108. The Kier molecular flexibility index (Phi) is 5.16. The van der Waals surface area contributed by atoms with Crippen LogP contribution >= 0.6 is 38.9 Å². The second-order valence-corrected chi connectivity index (χ2v) is 6.96. The number of carbonyl (C=O) groups is 1. The molecule has 19 heavy (non-hydrogen) atoms. The van der Waals surface area contributed by atoms with Gasteiger partial charge in [-0.25, -0.2) is 0 Å². The van der Waals surface area contributed by atoms with E-state index in [0.717, 1.165) is 11.0 Å². The highest BCUT2D eigenvalue weighted by atomic mass is 79.9. The summed E-state index contributed by atoms with van der Waals surface area (Å²) in [5.74, 6) is 0.108. The highest BCUT2D eigenvalue weighted by Crippen LogP contribution is 2.22. The summed E-state index contributed by atoms with van der Waals surface area (Å²) < 4.78 is 1.71. The van der Waals surface area contributed by atoms with Crippen LogP contribution in [0.15, 0.2) is 40.9 Å². The Labute approximate surface area is 130 Å². The molecule has 0 fully saturated rings. The summed E-state index contributed by atoms with van der Waals surface area (Å²) in [5, 5.41) is 0. The molecule has 2 rings (SSSR count). The van der Waals surface area contributed by atoms with E-state index >= 15 is 0 Å². The minimum absolute atomic E-state index is 0.108. The van der Waals surface area contributed by atoms with Gasteiger partial charge in [0.1, 0.15) is 0 Å². The Morgan fingerprint density at radius 3 is 2.53 bits per heavy atom. The Hall–Kier alpha value is -0.680. The average Bonchev–Trinajstić information content (AvgIpc) is 2.79. The summed E-state index contributed by atoms with van der Waals surface area (Å²) in [4.78, 5) is 14.7. The molecule has 0 amide bonds. The Morgan fingerprint density at radius 2 is 1.95 bits per heavy atom. The first-order valence-corrected chi connectivity index (χ1v) is 7.75. The van der Waals surface area contributed by atoms with Crippen LogP contribution in [-0.2, 0) is 6.54 Å². The van der Waals surface area contributed by atoms with Crippen molar-refractivity contribution in [1.29, 1.82) is 0 Å². The number of halogens is 2. The zero-order chi connectivity index (χ0) is 13.8. The molecule has 2 nitrogen and oxygen atoms in total. The van der Waals surface area contributed by atoms with E-state index in [-0.39, 0.29) is 5.78 Å². The van der Waals surface area contributed by atoms with Gasteiger partial charge in [0.05, 0.1) is 15.8 Å². The molecule has 0 aliphatic carbocycles. The largest absolute Gasteiger partial charge is 0.295 e. The van der Waals surface area contributed by atoms with E-state index in [1.807, 2.05) is 36.2 Å². The third-order valence-electron chi connectivity index (χ3n) is 2.63. The number of carbonyl (C=O) groups excluding carboxylic acids is 1. The standard InChI is InChI=1S/C14H13BrClNOS/c1-17(8-10-2-4-11(15)5-3-10)9-12(18)13-6-7-14(16)19-13/h2-7H,8-9H2,1H3. The lowest BCUT2D eigenvalue weighted by atomic mass is 10.2. The second-order valence-electron chi connectivity index (χ2n) is 4.33. The quantitative estimate of drug-likeness (QED) is 0.735. The van der Waals surface area contributed by atoms with Crippen molar-refractivity contribution in [3.63, 3.8) is 0 Å². The number of benzene rings is 1. The molecule has 0 spiro atoms. The second kappa shape index (κ2) is 6.66. The fraction of sp³-hybridized carbons (Fsp3) is 0.214. The Bertz CT molecular complexity index is 567. The van der Waals surface area contributed by atoms with Gasteiger partial charge in [-0.2, -0.15) is 0 Å². The lowest BCUT2D eigenvalue weighted by Crippen LogP contribution is -2.25. The highest BCUT2D eigenvalue weighted by Gasteiger charge is 2.11. The summed E-state index contributed by atoms with van der Waals surface area (Å²) in [6.45, 7) is 1.14. The molecule has 1 aromatic carbocycles. The molecule has 1 aromatic heterocycles. The van der Waals surface area contributed by atoms with Gasteiger partial charge in [-0.1, -0.05) is 39.7 Å². The van der Waals surface area contributed by atoms with E-state index in [1.165, 1.54) is 16.9 Å². The number of thiophene rings is 1. The third kappa shape index (κ3) is 4.42. The van der Waals surface area contributed by atoms with Crippen LogP contribution < -0.4 is 0 Å². The Balaban J connectivity index is 1.92. The normalized spacial score (nSPS) is 10.9. The first kappa shape index (κ1) is 14.7. The van der Waals surface area contributed by atoms with E-state index in [1.54, 1.807) is 12.1 Å². The number of hydrogen-bond donors (Lipinski definition) is 0. The van der Waals surface area contributed by atoms with Gasteiger partial charge < -0.3 is 0 Å². The van der Waals surface area contributed by atoms with Crippen molar-refractivity contribution in [2.24, 2.45) is 0 Å². The van der Waals surface area contributed by atoms with Crippen molar-refractivity contribution in [2.75, 3.05) is 13.6 Å². The molecule has 1 heterocycles. The van der Waals surface area contributed by atoms with Crippen LogP contribution in [0.4, 0.5) is 0 Å². The fourth-order valence-electron chi connectivity index (χ4n) is 1.74. The van der Waals surface area contributed by atoms with Gasteiger partial charge in [0.15, 0.2) is 5.78 Å². The van der Waals surface area contributed by atoms with Crippen LogP contribution in [0.2, 0.25) is 4.34 Å². The van der Waals surface area contributed by atoms with E-state index in [2.05, 4.69) is 15.9 Å². The first-order chi connectivity index (χ1) is 9.04. The monoisotopic (exact) mass is 357 g/mol. The molecule has 0 aliphatic heterocycles. The molecule has 100 valence electrons. The molecule has 0 saturated heterocycles. The van der Waals surface area contributed by atoms with E-state index in [0.29, 0.717) is 15.8 Å². The zero-order valence-electron chi connectivity index (χ0n) is 10.4. The molecule has 0 unspecified atom stereocenters. The van der Waals surface area contributed by atoms with Gasteiger partial charge in [-0.05, 0) is 36.9 Å². The number of likely N-dealkylation sites (N-methyl/N-ethyl adjacent to an activating group) is 1. The summed E-state index contributed by atoms with van der Waals surface area (Å²) >= 11 is 10.6. The summed E-state index contributed by atoms with van der Waals surface area (Å²) in [6, 6.07) is 11.6. The predicted octanol–water partition coefficient (Wildman–Crippen LogP) is 4.48. The van der Waals surface area contributed by atoms with E-state index < -0.39 is 0 Å². The number of Topliss-reactive ketones (excluding diaryl/α,β-unsaturated/α-hetero) is 1. The summed E-state index contributed by atoms with van der Waals surface area (Å²) in [5.41, 5.74) is 1.18. The van der Waals surface area contributed by atoms with Crippen LogP contribution in [0.5, 0.6) is 0 Å². The Morgan fingerprint density at radius 1 is 1.26 bits per heavy atom. The van der Waals surface area contributed by atoms with Crippen molar-refractivity contribution in [2.45, 2.75) is 6.54 Å². The molecule has 0 bridgehead atoms. The lowest BCUT2D eigenvalue weighted by Gasteiger charge is -2.15. The van der Waals surface area contributed by atoms with Crippen LogP contribution in [-0.4, -0.2) is 24.3 Å². The topological polar surface area (TPSA) is 20.3 Å². The van der Waals surface area contributed by atoms with E-state index in [4.69, 9.17) is 11.6 Å². The molecule has 0 radical (unpaired) electrons. The highest BCUT2D eigenvalue weighted by molar-refractivity contribution is 9.10. The predicted molar refractivity (Wildman–Crippen MR) is 84.1 cm³/mol. The first-order valence-electron chi connectivity index (χ1n) is 5.76. The van der Waals surface area contributed by atoms with E-state index in [9.17, 15) is 4.79 Å². The third-order valence-corrected chi connectivity index (χ3v) is 4.43. The van der Waals surface area contributed by atoms with Gasteiger partial charge >= 0.3 is 0 Å². The van der Waals surface area contributed by atoms with Crippen LogP contribution in [0.1, 0.15) is 15.2 Å². The van der Waals surface area contributed by atoms with Crippen LogP contribution in [0.25, 0.3) is 0 Å². The molecule has 0 atom stereocenters. The van der Waals surface area contributed by atoms with Crippen molar-refractivity contribution >= 4 is 44.7 Å². The van der Waals surface area contributed by atoms with Crippen molar-refractivity contribution in [3.05, 3.63) is 55.6 Å². The molecule has 0 saturated carbocycles. The SMILES string of the molecule is CN(CC(=O)c1ccc(Cl)s1)Cc1ccc(Br)cc1. The average molecular weight is 359 g/mol. The van der Waals surface area contributed by atoms with Gasteiger partial charge in [-0.15, -0.1) is 11.3 Å². The zero-order valence-corrected chi connectivity index (χ0v) is 13.6. The fourth-order valence-corrected chi connectivity index (χ4v) is 2.98.